The van der Waals surface area contributed by atoms with Gasteiger partial charge in [0.25, 0.3) is 5.91 Å². The number of hydrazone groups is 1. The van der Waals surface area contributed by atoms with Gasteiger partial charge >= 0.3 is 6.09 Å². The van der Waals surface area contributed by atoms with Crippen molar-refractivity contribution in [3.8, 4) is 0 Å². The molecule has 1 aromatic carbocycles. The van der Waals surface area contributed by atoms with E-state index < -0.39 is 23.1 Å². The highest BCUT2D eigenvalue weighted by atomic mass is 16.6. The Morgan fingerprint density at radius 2 is 1.76 bits per heavy atom. The van der Waals surface area contributed by atoms with Gasteiger partial charge in [-0.15, -0.1) is 0 Å². The summed E-state index contributed by atoms with van der Waals surface area (Å²) in [4.78, 5) is 35.2. The van der Waals surface area contributed by atoms with Crippen LogP contribution in [0.4, 0.5) is 4.79 Å². The maximum atomic E-state index is 12.3. The molecule has 0 heterocycles. The summed E-state index contributed by atoms with van der Waals surface area (Å²) in [7, 11) is 0. The van der Waals surface area contributed by atoms with Crippen molar-refractivity contribution < 1.29 is 19.1 Å². The van der Waals surface area contributed by atoms with E-state index in [0.29, 0.717) is 5.56 Å². The van der Waals surface area contributed by atoms with Crippen molar-refractivity contribution in [3.63, 3.8) is 0 Å². The van der Waals surface area contributed by atoms with Crippen LogP contribution in [0.2, 0.25) is 0 Å². The molecule has 1 saturated carbocycles. The smallest absolute Gasteiger partial charge is 0.408 e. The first-order valence-corrected chi connectivity index (χ1v) is 9.52. The molecular formula is C21H28N4O4. The van der Waals surface area contributed by atoms with Crippen LogP contribution in [0.3, 0.4) is 0 Å². The van der Waals surface area contributed by atoms with E-state index in [9.17, 15) is 14.4 Å². The molecule has 4 N–H and O–H groups in total. The number of hydrogen-bond donors (Lipinski definition) is 3. The normalized spacial score (nSPS) is 16.1. The zero-order valence-corrected chi connectivity index (χ0v) is 17.0. The molecule has 1 fully saturated rings. The lowest BCUT2D eigenvalue weighted by Gasteiger charge is -2.28. The average Bonchev–Trinajstić information content (AvgIpc) is 3.06. The van der Waals surface area contributed by atoms with Crippen LogP contribution in [0.25, 0.3) is 6.08 Å². The number of ether oxygens (including phenoxy) is 1. The summed E-state index contributed by atoms with van der Waals surface area (Å²) in [5, 5.41) is 6.95. The van der Waals surface area contributed by atoms with Gasteiger partial charge in [-0.25, -0.2) is 10.2 Å². The van der Waals surface area contributed by atoms with E-state index in [1.165, 1.54) is 6.08 Å². The van der Waals surface area contributed by atoms with E-state index in [0.717, 1.165) is 31.2 Å². The van der Waals surface area contributed by atoms with Gasteiger partial charge in [-0.3, -0.25) is 9.59 Å². The van der Waals surface area contributed by atoms with Crippen molar-refractivity contribution in [2.45, 2.75) is 57.6 Å². The maximum absolute atomic E-state index is 12.3. The molecule has 0 radical (unpaired) electrons. The third-order valence-corrected chi connectivity index (χ3v) is 4.34. The lowest BCUT2D eigenvalue weighted by molar-refractivity contribution is -0.113. The molecule has 0 bridgehead atoms. The maximum Gasteiger partial charge on any atom is 0.408 e. The first-order valence-electron chi connectivity index (χ1n) is 9.52. The molecule has 8 nitrogen and oxygen atoms in total. The highest BCUT2D eigenvalue weighted by molar-refractivity contribution is 5.95. The molecule has 0 atom stereocenters. The molecule has 0 unspecified atom stereocenters. The van der Waals surface area contributed by atoms with Gasteiger partial charge in [0.2, 0.25) is 5.91 Å². The quantitative estimate of drug-likeness (QED) is 0.386. The molecule has 0 saturated heterocycles. The van der Waals surface area contributed by atoms with Crippen molar-refractivity contribution in [1.82, 2.24) is 10.7 Å². The van der Waals surface area contributed by atoms with Crippen LogP contribution in [0, 0.1) is 0 Å². The Morgan fingerprint density at radius 3 is 2.31 bits per heavy atom. The SMILES string of the molecule is CC(C)(C)OC(=O)NC1(/C=N/NC(=O)c2ccc(/C=C/C(N)=O)cc2)CCCC1. The van der Waals surface area contributed by atoms with Gasteiger partial charge in [-0.2, -0.15) is 5.10 Å². The number of nitrogens with zero attached hydrogens (tertiary/aromatic N) is 1. The van der Waals surface area contributed by atoms with Gasteiger partial charge in [-0.1, -0.05) is 25.0 Å². The minimum atomic E-state index is -0.626. The molecule has 1 aromatic rings. The number of alkyl carbamates (subject to hydrolysis) is 1. The van der Waals surface area contributed by atoms with Crippen molar-refractivity contribution in [2.24, 2.45) is 10.8 Å². The summed E-state index contributed by atoms with van der Waals surface area (Å²) < 4.78 is 5.33. The van der Waals surface area contributed by atoms with Crippen molar-refractivity contribution >= 4 is 30.2 Å². The Kier molecular flexibility index (Phi) is 7.14. The highest BCUT2D eigenvalue weighted by Crippen LogP contribution is 2.28. The van der Waals surface area contributed by atoms with Gasteiger partial charge in [0.05, 0.1) is 11.8 Å². The lowest BCUT2D eigenvalue weighted by atomic mass is 10.00. The summed E-state index contributed by atoms with van der Waals surface area (Å²) in [6, 6.07) is 6.63. The molecule has 29 heavy (non-hydrogen) atoms. The van der Waals surface area contributed by atoms with Gasteiger partial charge in [0, 0.05) is 11.6 Å². The third kappa shape index (κ3) is 7.40. The Morgan fingerprint density at radius 1 is 1.14 bits per heavy atom. The summed E-state index contributed by atoms with van der Waals surface area (Å²) in [5.41, 5.74) is 7.49. The van der Waals surface area contributed by atoms with Gasteiger partial charge < -0.3 is 15.8 Å². The standard InChI is InChI=1S/C21H28N4O4/c1-20(2,3)29-19(28)24-21(12-4-5-13-21)14-23-25-18(27)16-9-6-15(7-10-16)8-11-17(22)26/h6-11,14H,4-5,12-13H2,1-3H3,(H2,22,26)(H,24,28)(H,25,27)/b11-8+,23-14+. The molecule has 156 valence electrons. The van der Waals surface area contributed by atoms with Crippen LogP contribution in [-0.2, 0) is 9.53 Å². The fraction of sp³-hybridized carbons (Fsp3) is 0.429. The molecule has 0 spiro atoms. The van der Waals surface area contributed by atoms with E-state index in [1.54, 1.807) is 57.3 Å². The number of hydrogen-bond acceptors (Lipinski definition) is 5. The van der Waals surface area contributed by atoms with Gasteiger partial charge in [0.1, 0.15) is 5.60 Å². The monoisotopic (exact) mass is 400 g/mol. The van der Waals surface area contributed by atoms with E-state index in [1.807, 2.05) is 0 Å². The van der Waals surface area contributed by atoms with Gasteiger partial charge in [-0.05, 0) is 57.4 Å². The summed E-state index contributed by atoms with van der Waals surface area (Å²) in [5.74, 6) is -0.918. The van der Waals surface area contributed by atoms with Crippen molar-refractivity contribution in [2.75, 3.05) is 0 Å². The summed E-state index contributed by atoms with van der Waals surface area (Å²) >= 11 is 0. The zero-order valence-electron chi connectivity index (χ0n) is 17.0. The number of carbonyl (C=O) groups is 3. The lowest BCUT2D eigenvalue weighted by Crippen LogP contribution is -2.49. The predicted molar refractivity (Wildman–Crippen MR) is 111 cm³/mol. The number of amides is 3. The number of rotatable bonds is 6. The Bertz CT molecular complexity index is 801. The number of nitrogens with two attached hydrogens (primary N) is 1. The average molecular weight is 400 g/mol. The third-order valence-electron chi connectivity index (χ3n) is 4.34. The van der Waals surface area contributed by atoms with Crippen LogP contribution >= 0.6 is 0 Å². The molecular weight excluding hydrogens is 372 g/mol. The second-order valence-corrected chi connectivity index (χ2v) is 8.05. The van der Waals surface area contributed by atoms with Crippen molar-refractivity contribution in [1.29, 1.82) is 0 Å². The molecule has 2 rings (SSSR count). The molecule has 3 amide bonds. The molecule has 0 aromatic heterocycles. The van der Waals surface area contributed by atoms with Gasteiger partial charge in [0.15, 0.2) is 0 Å². The Hall–Kier alpha value is -3.16. The van der Waals surface area contributed by atoms with E-state index >= 15 is 0 Å². The molecule has 1 aliphatic carbocycles. The topological polar surface area (TPSA) is 123 Å². The number of nitrogens with one attached hydrogen (secondary N) is 2. The van der Waals surface area contributed by atoms with E-state index in [4.69, 9.17) is 10.5 Å². The predicted octanol–water partition coefficient (Wildman–Crippen LogP) is 2.74. The number of primary amides is 1. The fourth-order valence-electron chi connectivity index (χ4n) is 3.00. The summed E-state index contributed by atoms with van der Waals surface area (Å²) in [6.07, 6.45) is 7.25. The second-order valence-electron chi connectivity index (χ2n) is 8.05. The first kappa shape index (κ1) is 22.1. The Labute approximate surface area is 170 Å². The van der Waals surface area contributed by atoms with E-state index in [2.05, 4.69) is 15.8 Å². The van der Waals surface area contributed by atoms with Crippen LogP contribution < -0.4 is 16.5 Å². The van der Waals surface area contributed by atoms with Crippen LogP contribution in [0.1, 0.15) is 62.4 Å². The van der Waals surface area contributed by atoms with Crippen molar-refractivity contribution in [3.05, 3.63) is 41.5 Å². The minimum absolute atomic E-state index is 0.378. The number of carbonyl (C=O) groups excluding carboxylic acids is 3. The largest absolute Gasteiger partial charge is 0.444 e. The minimum Gasteiger partial charge on any atom is -0.444 e. The first-order chi connectivity index (χ1) is 13.6. The molecule has 0 aliphatic heterocycles. The summed E-state index contributed by atoms with van der Waals surface area (Å²) in [6.45, 7) is 5.41. The zero-order chi connectivity index (χ0) is 21.5. The van der Waals surface area contributed by atoms with Crippen LogP contribution in [-0.4, -0.2) is 35.3 Å². The van der Waals surface area contributed by atoms with Crippen LogP contribution in [0.15, 0.2) is 35.4 Å². The molecule has 8 heteroatoms. The number of benzene rings is 1. The van der Waals surface area contributed by atoms with Crippen LogP contribution in [0.5, 0.6) is 0 Å². The van der Waals surface area contributed by atoms with E-state index in [-0.39, 0.29) is 5.91 Å². The fourth-order valence-corrected chi connectivity index (χ4v) is 3.00. The Balaban J connectivity index is 1.97. The highest BCUT2D eigenvalue weighted by Gasteiger charge is 2.35. The molecule has 1 aliphatic rings. The second kappa shape index (κ2) is 9.36.